The summed E-state index contributed by atoms with van der Waals surface area (Å²) < 4.78 is 0.704. The molecule has 1 N–H and O–H groups in total. The van der Waals surface area contributed by atoms with Gasteiger partial charge in [0.15, 0.2) is 0 Å². The van der Waals surface area contributed by atoms with Gasteiger partial charge in [0.2, 0.25) is 5.91 Å². The molecular formula is C14H20ClNO2S. The quantitative estimate of drug-likeness (QED) is 0.931. The summed E-state index contributed by atoms with van der Waals surface area (Å²) in [6.07, 6.45) is 1.82. The molecule has 0 radical (unpaired) electrons. The van der Waals surface area contributed by atoms with E-state index >= 15 is 0 Å². The standard InChI is InChI=1S/C14H20ClNO2S/c1-9(10-6-7-12(15)19-10)13(17)16-8-4-5-11(16)14(2,3)18/h6-7,9,11,18H,4-5,8H2,1-3H3/t9-,11+/m1/s1. The minimum atomic E-state index is -0.848. The first-order valence-corrected chi connectivity index (χ1v) is 7.78. The molecule has 0 spiro atoms. The normalized spacial score (nSPS) is 21.7. The summed E-state index contributed by atoms with van der Waals surface area (Å²) in [5, 5.41) is 10.2. The van der Waals surface area contributed by atoms with E-state index in [0.717, 1.165) is 24.3 Å². The van der Waals surface area contributed by atoms with Crippen molar-refractivity contribution in [2.75, 3.05) is 6.54 Å². The molecule has 5 heteroatoms. The Morgan fingerprint density at radius 3 is 2.79 bits per heavy atom. The highest BCUT2D eigenvalue weighted by Gasteiger charge is 2.40. The average molecular weight is 302 g/mol. The minimum Gasteiger partial charge on any atom is -0.388 e. The molecule has 0 aromatic carbocycles. The van der Waals surface area contributed by atoms with E-state index in [9.17, 15) is 9.90 Å². The topological polar surface area (TPSA) is 40.5 Å². The summed E-state index contributed by atoms with van der Waals surface area (Å²) in [7, 11) is 0. The molecule has 2 atom stereocenters. The number of thiophene rings is 1. The number of rotatable bonds is 3. The largest absolute Gasteiger partial charge is 0.388 e. The van der Waals surface area contributed by atoms with Crippen LogP contribution in [0, 0.1) is 0 Å². The molecule has 1 amide bonds. The van der Waals surface area contributed by atoms with Crippen molar-refractivity contribution in [3.05, 3.63) is 21.3 Å². The second-order valence-corrected chi connectivity index (χ2v) is 7.45. The molecule has 1 saturated heterocycles. The van der Waals surface area contributed by atoms with Gasteiger partial charge in [-0.25, -0.2) is 0 Å². The fraction of sp³-hybridized carbons (Fsp3) is 0.643. The van der Waals surface area contributed by atoms with Crippen LogP contribution in [0.15, 0.2) is 12.1 Å². The number of likely N-dealkylation sites (tertiary alicyclic amines) is 1. The number of hydrogen-bond acceptors (Lipinski definition) is 3. The summed E-state index contributed by atoms with van der Waals surface area (Å²) in [4.78, 5) is 15.4. The Morgan fingerprint density at radius 1 is 1.58 bits per heavy atom. The molecule has 2 rings (SSSR count). The van der Waals surface area contributed by atoms with Crippen LogP contribution in [0.4, 0.5) is 0 Å². The molecule has 2 heterocycles. The molecule has 0 unspecified atom stereocenters. The predicted molar refractivity (Wildman–Crippen MR) is 78.8 cm³/mol. The SMILES string of the molecule is C[C@@H](C(=O)N1CCC[C@H]1C(C)(C)O)c1ccc(Cl)s1. The van der Waals surface area contributed by atoms with E-state index in [1.54, 1.807) is 13.8 Å². The van der Waals surface area contributed by atoms with Crippen molar-refractivity contribution in [1.82, 2.24) is 4.90 Å². The van der Waals surface area contributed by atoms with Gasteiger partial charge in [-0.2, -0.15) is 0 Å². The first kappa shape index (κ1) is 14.8. The second-order valence-electron chi connectivity index (χ2n) is 5.71. The molecule has 3 nitrogen and oxygen atoms in total. The predicted octanol–water partition coefficient (Wildman–Crippen LogP) is 3.27. The van der Waals surface area contributed by atoms with Gasteiger partial charge in [0.05, 0.1) is 21.9 Å². The molecule has 106 valence electrons. The van der Waals surface area contributed by atoms with Gasteiger partial charge in [0.1, 0.15) is 0 Å². The second kappa shape index (κ2) is 5.43. The lowest BCUT2D eigenvalue weighted by molar-refractivity contribution is -0.137. The maximum absolute atomic E-state index is 12.6. The summed E-state index contributed by atoms with van der Waals surface area (Å²) in [5.74, 6) is -0.108. The lowest BCUT2D eigenvalue weighted by Crippen LogP contribution is -2.49. The average Bonchev–Trinajstić information content (AvgIpc) is 2.94. The van der Waals surface area contributed by atoms with E-state index in [4.69, 9.17) is 11.6 Å². The number of halogens is 1. The molecule has 1 fully saturated rings. The van der Waals surface area contributed by atoms with Crippen LogP contribution in [0.2, 0.25) is 4.34 Å². The molecule has 0 bridgehead atoms. The van der Waals surface area contributed by atoms with Crippen molar-refractivity contribution in [3.63, 3.8) is 0 Å². The molecule has 19 heavy (non-hydrogen) atoms. The van der Waals surface area contributed by atoms with Crippen molar-refractivity contribution in [1.29, 1.82) is 0 Å². The third kappa shape index (κ3) is 3.12. The number of carbonyl (C=O) groups is 1. The third-order valence-corrected chi connectivity index (χ3v) is 5.16. The van der Waals surface area contributed by atoms with E-state index in [0.29, 0.717) is 4.34 Å². The molecule has 0 saturated carbocycles. The number of nitrogens with zero attached hydrogens (tertiary/aromatic N) is 1. The fourth-order valence-electron chi connectivity index (χ4n) is 2.70. The molecule has 1 aliphatic heterocycles. The Balaban J connectivity index is 2.15. The maximum Gasteiger partial charge on any atom is 0.231 e. The van der Waals surface area contributed by atoms with Crippen LogP contribution in [0.1, 0.15) is 44.4 Å². The van der Waals surface area contributed by atoms with E-state index < -0.39 is 5.60 Å². The van der Waals surface area contributed by atoms with Crippen LogP contribution in [0.25, 0.3) is 0 Å². The molecule has 0 aliphatic carbocycles. The Labute approximate surface area is 123 Å². The Kier molecular flexibility index (Phi) is 4.23. The van der Waals surface area contributed by atoms with Crippen LogP contribution < -0.4 is 0 Å². The monoisotopic (exact) mass is 301 g/mol. The highest BCUT2D eigenvalue weighted by atomic mass is 35.5. The maximum atomic E-state index is 12.6. The van der Waals surface area contributed by atoms with Crippen LogP contribution in [0.3, 0.4) is 0 Å². The number of hydrogen-bond donors (Lipinski definition) is 1. The highest BCUT2D eigenvalue weighted by molar-refractivity contribution is 7.16. The molecule has 1 aliphatic rings. The van der Waals surface area contributed by atoms with Gasteiger partial charge in [0, 0.05) is 11.4 Å². The molecule has 1 aromatic heterocycles. The summed E-state index contributed by atoms with van der Waals surface area (Å²) in [5.41, 5.74) is -0.848. The number of carbonyl (C=O) groups excluding carboxylic acids is 1. The van der Waals surface area contributed by atoms with Gasteiger partial charge < -0.3 is 10.0 Å². The minimum absolute atomic E-state index is 0.0853. The number of aliphatic hydroxyl groups is 1. The van der Waals surface area contributed by atoms with Crippen molar-refractivity contribution < 1.29 is 9.90 Å². The van der Waals surface area contributed by atoms with E-state index in [1.165, 1.54) is 11.3 Å². The van der Waals surface area contributed by atoms with Gasteiger partial charge in [-0.1, -0.05) is 11.6 Å². The lowest BCUT2D eigenvalue weighted by atomic mass is 9.95. The lowest BCUT2D eigenvalue weighted by Gasteiger charge is -2.35. The Morgan fingerprint density at radius 2 is 2.26 bits per heavy atom. The van der Waals surface area contributed by atoms with E-state index in [-0.39, 0.29) is 17.9 Å². The van der Waals surface area contributed by atoms with Crippen molar-refractivity contribution in [2.24, 2.45) is 0 Å². The number of amides is 1. The Hall–Kier alpha value is -0.580. The fourth-order valence-corrected chi connectivity index (χ4v) is 3.80. The van der Waals surface area contributed by atoms with Crippen LogP contribution in [-0.2, 0) is 4.79 Å². The van der Waals surface area contributed by atoms with Crippen LogP contribution in [-0.4, -0.2) is 34.1 Å². The smallest absolute Gasteiger partial charge is 0.231 e. The van der Waals surface area contributed by atoms with E-state index in [1.807, 2.05) is 24.0 Å². The zero-order valence-electron chi connectivity index (χ0n) is 11.5. The highest BCUT2D eigenvalue weighted by Crippen LogP contribution is 2.33. The van der Waals surface area contributed by atoms with E-state index in [2.05, 4.69) is 0 Å². The summed E-state index contributed by atoms with van der Waals surface area (Å²) in [6.45, 7) is 6.19. The zero-order chi connectivity index (χ0) is 14.2. The zero-order valence-corrected chi connectivity index (χ0v) is 13.1. The van der Waals surface area contributed by atoms with Gasteiger partial charge >= 0.3 is 0 Å². The van der Waals surface area contributed by atoms with Crippen molar-refractivity contribution in [2.45, 2.75) is 51.2 Å². The van der Waals surface area contributed by atoms with Gasteiger partial charge in [-0.3, -0.25) is 4.79 Å². The first-order chi connectivity index (χ1) is 8.80. The summed E-state index contributed by atoms with van der Waals surface area (Å²) >= 11 is 7.37. The third-order valence-electron chi connectivity index (χ3n) is 3.74. The van der Waals surface area contributed by atoms with Crippen LogP contribution >= 0.6 is 22.9 Å². The van der Waals surface area contributed by atoms with Crippen LogP contribution in [0.5, 0.6) is 0 Å². The van der Waals surface area contributed by atoms with Gasteiger partial charge in [-0.15, -0.1) is 11.3 Å². The van der Waals surface area contributed by atoms with Crippen molar-refractivity contribution >= 4 is 28.8 Å². The molecular weight excluding hydrogens is 282 g/mol. The van der Waals surface area contributed by atoms with Gasteiger partial charge in [-0.05, 0) is 45.7 Å². The van der Waals surface area contributed by atoms with Gasteiger partial charge in [0.25, 0.3) is 0 Å². The summed E-state index contributed by atoms with van der Waals surface area (Å²) in [6, 6.07) is 3.64. The first-order valence-electron chi connectivity index (χ1n) is 6.59. The van der Waals surface area contributed by atoms with Crippen molar-refractivity contribution in [3.8, 4) is 0 Å². The Bertz CT molecular complexity index is 466. The molecule has 1 aromatic rings.